The Morgan fingerprint density at radius 1 is 1.08 bits per heavy atom. The topological polar surface area (TPSA) is 35.6 Å². The molecule has 1 aromatic rings. The van der Waals surface area contributed by atoms with Gasteiger partial charge in [0.15, 0.2) is 0 Å². The van der Waals surface area contributed by atoms with Gasteiger partial charge in [-0.3, -0.25) is 14.6 Å². The molecule has 26 heavy (non-hydrogen) atoms. The van der Waals surface area contributed by atoms with Crippen molar-refractivity contribution in [1.29, 1.82) is 0 Å². The molecule has 0 radical (unpaired) electrons. The summed E-state index contributed by atoms with van der Waals surface area (Å²) < 4.78 is 0. The molecule has 0 spiro atoms. The minimum absolute atomic E-state index is 0.137. The van der Waals surface area contributed by atoms with Gasteiger partial charge in [0.05, 0.1) is 5.92 Å². The highest BCUT2D eigenvalue weighted by Gasteiger charge is 2.32. The van der Waals surface area contributed by atoms with Gasteiger partial charge in [0.1, 0.15) is 0 Å². The molecule has 2 aliphatic heterocycles. The predicted octanol–water partition coefficient (Wildman–Crippen LogP) is 3.28. The summed E-state index contributed by atoms with van der Waals surface area (Å²) in [6.07, 6.45) is 4.62. The molecule has 2 heterocycles. The number of nitrogens with zero attached hydrogens (tertiary/aromatic N) is 2. The van der Waals surface area contributed by atoms with E-state index in [0.29, 0.717) is 6.04 Å². The highest BCUT2D eigenvalue weighted by atomic mass is 16.2. The van der Waals surface area contributed by atoms with Crippen molar-refractivity contribution in [3.8, 4) is 0 Å². The molecule has 2 saturated heterocycles. The number of piperidine rings is 2. The van der Waals surface area contributed by atoms with Crippen LogP contribution in [-0.4, -0.2) is 53.5 Å². The average molecular weight is 358 g/mol. The van der Waals surface area contributed by atoms with Crippen LogP contribution < -0.4 is 5.32 Å². The zero-order valence-corrected chi connectivity index (χ0v) is 16.7. The van der Waals surface area contributed by atoms with Gasteiger partial charge in [0.2, 0.25) is 5.91 Å². The van der Waals surface area contributed by atoms with E-state index in [1.807, 2.05) is 0 Å². The molecular weight excluding hydrogens is 322 g/mol. The Bertz CT molecular complexity index is 573. The van der Waals surface area contributed by atoms with Crippen molar-refractivity contribution in [1.82, 2.24) is 15.1 Å². The summed E-state index contributed by atoms with van der Waals surface area (Å²) in [6, 6.07) is 11.4. The summed E-state index contributed by atoms with van der Waals surface area (Å²) in [5, 5.41) is 3.17. The largest absolute Gasteiger partial charge is 0.351 e. The van der Waals surface area contributed by atoms with Crippen LogP contribution in [0.3, 0.4) is 0 Å². The second kappa shape index (κ2) is 8.53. The number of nitrogens with one attached hydrogen (secondary N) is 1. The molecule has 2 fully saturated rings. The van der Waals surface area contributed by atoms with Crippen molar-refractivity contribution in [2.45, 2.75) is 64.6 Å². The first-order valence-corrected chi connectivity index (χ1v) is 10.2. The molecule has 0 saturated carbocycles. The number of hydrogen-bond donors (Lipinski definition) is 1. The third-order valence-electron chi connectivity index (χ3n) is 5.64. The highest BCUT2D eigenvalue weighted by Crippen LogP contribution is 2.25. The highest BCUT2D eigenvalue weighted by molar-refractivity contribution is 5.79. The maximum Gasteiger partial charge on any atom is 0.224 e. The molecule has 0 aromatic heterocycles. The second-order valence-corrected chi connectivity index (χ2v) is 9.07. The van der Waals surface area contributed by atoms with E-state index in [-0.39, 0.29) is 17.4 Å². The molecule has 2 aliphatic rings. The Morgan fingerprint density at radius 2 is 1.77 bits per heavy atom. The molecule has 4 heteroatoms. The molecule has 1 atom stereocenters. The summed E-state index contributed by atoms with van der Waals surface area (Å²) in [7, 11) is 0. The van der Waals surface area contributed by atoms with Gasteiger partial charge >= 0.3 is 0 Å². The normalized spacial score (nSPS) is 23.7. The molecule has 0 unspecified atom stereocenters. The number of hydrogen-bond acceptors (Lipinski definition) is 3. The van der Waals surface area contributed by atoms with E-state index in [9.17, 15) is 4.79 Å². The third kappa shape index (κ3) is 5.55. The summed E-state index contributed by atoms with van der Waals surface area (Å²) in [5.41, 5.74) is 1.27. The van der Waals surface area contributed by atoms with Crippen LogP contribution in [0.15, 0.2) is 30.3 Å². The number of rotatable bonds is 4. The van der Waals surface area contributed by atoms with E-state index in [0.717, 1.165) is 45.6 Å². The SMILES string of the molecule is CC(C)(C)NC(=O)[C@@H]1CCCN(C2CCN(Cc3ccccc3)CC2)C1. The maximum atomic E-state index is 12.6. The quantitative estimate of drug-likeness (QED) is 0.898. The van der Waals surface area contributed by atoms with Crippen molar-refractivity contribution < 1.29 is 4.79 Å². The van der Waals surface area contributed by atoms with Crippen molar-refractivity contribution in [3.05, 3.63) is 35.9 Å². The first kappa shape index (κ1) is 19.4. The molecule has 4 nitrogen and oxygen atoms in total. The zero-order valence-electron chi connectivity index (χ0n) is 16.7. The van der Waals surface area contributed by atoms with Gasteiger partial charge in [-0.25, -0.2) is 0 Å². The second-order valence-electron chi connectivity index (χ2n) is 9.07. The fourth-order valence-electron chi connectivity index (χ4n) is 4.31. The van der Waals surface area contributed by atoms with Crippen molar-refractivity contribution in [2.24, 2.45) is 5.92 Å². The Morgan fingerprint density at radius 3 is 2.42 bits per heavy atom. The van der Waals surface area contributed by atoms with Gasteiger partial charge in [-0.1, -0.05) is 30.3 Å². The van der Waals surface area contributed by atoms with Gasteiger partial charge in [-0.05, 0) is 71.7 Å². The number of amides is 1. The summed E-state index contributed by atoms with van der Waals surface area (Å²) >= 11 is 0. The van der Waals surface area contributed by atoms with Gasteiger partial charge in [-0.15, -0.1) is 0 Å². The van der Waals surface area contributed by atoms with Crippen LogP contribution in [0.2, 0.25) is 0 Å². The number of benzene rings is 1. The van der Waals surface area contributed by atoms with Gasteiger partial charge in [0.25, 0.3) is 0 Å². The molecule has 1 N–H and O–H groups in total. The van der Waals surface area contributed by atoms with Crippen LogP contribution in [0.5, 0.6) is 0 Å². The monoisotopic (exact) mass is 357 g/mol. The average Bonchev–Trinajstić information content (AvgIpc) is 2.62. The zero-order chi connectivity index (χ0) is 18.6. The van der Waals surface area contributed by atoms with Gasteiger partial charge in [-0.2, -0.15) is 0 Å². The van der Waals surface area contributed by atoms with Crippen molar-refractivity contribution in [2.75, 3.05) is 26.2 Å². The van der Waals surface area contributed by atoms with Crippen LogP contribution in [0.4, 0.5) is 0 Å². The smallest absolute Gasteiger partial charge is 0.224 e. The van der Waals surface area contributed by atoms with Crippen LogP contribution in [0, 0.1) is 5.92 Å². The van der Waals surface area contributed by atoms with Crippen LogP contribution in [0.25, 0.3) is 0 Å². The third-order valence-corrected chi connectivity index (χ3v) is 5.64. The fraction of sp³-hybridized carbons (Fsp3) is 0.682. The number of carbonyl (C=O) groups is 1. The van der Waals surface area contributed by atoms with Crippen molar-refractivity contribution >= 4 is 5.91 Å². The molecule has 1 aromatic carbocycles. The summed E-state index contributed by atoms with van der Waals surface area (Å²) in [4.78, 5) is 17.7. The van der Waals surface area contributed by atoms with E-state index in [2.05, 4.69) is 66.2 Å². The van der Waals surface area contributed by atoms with Gasteiger partial charge in [0, 0.05) is 24.7 Å². The molecule has 0 aliphatic carbocycles. The van der Waals surface area contributed by atoms with E-state index in [1.54, 1.807) is 0 Å². The molecule has 0 bridgehead atoms. The van der Waals surface area contributed by atoms with E-state index >= 15 is 0 Å². The maximum absolute atomic E-state index is 12.6. The molecule has 144 valence electrons. The lowest BCUT2D eigenvalue weighted by Crippen LogP contribution is -2.52. The molecular formula is C22H35N3O. The Hall–Kier alpha value is -1.39. The number of carbonyl (C=O) groups excluding carboxylic acids is 1. The lowest BCUT2D eigenvalue weighted by Gasteiger charge is -2.42. The Labute approximate surface area is 158 Å². The van der Waals surface area contributed by atoms with Crippen LogP contribution in [-0.2, 0) is 11.3 Å². The van der Waals surface area contributed by atoms with Gasteiger partial charge < -0.3 is 5.32 Å². The minimum atomic E-state index is -0.137. The fourth-order valence-corrected chi connectivity index (χ4v) is 4.31. The lowest BCUT2D eigenvalue weighted by atomic mass is 9.92. The summed E-state index contributed by atoms with van der Waals surface area (Å²) in [5.74, 6) is 0.397. The van der Waals surface area contributed by atoms with Crippen LogP contribution in [0.1, 0.15) is 52.0 Å². The summed E-state index contributed by atoms with van der Waals surface area (Å²) in [6.45, 7) is 11.7. The Kier molecular flexibility index (Phi) is 6.36. The first-order chi connectivity index (χ1) is 12.4. The Balaban J connectivity index is 1.47. The van der Waals surface area contributed by atoms with E-state index < -0.39 is 0 Å². The van der Waals surface area contributed by atoms with E-state index in [4.69, 9.17) is 0 Å². The first-order valence-electron chi connectivity index (χ1n) is 10.2. The molecule has 1 amide bonds. The predicted molar refractivity (Wildman–Crippen MR) is 107 cm³/mol. The lowest BCUT2D eigenvalue weighted by molar-refractivity contribution is -0.128. The minimum Gasteiger partial charge on any atom is -0.351 e. The molecule has 3 rings (SSSR count). The number of likely N-dealkylation sites (tertiary alicyclic amines) is 2. The van der Waals surface area contributed by atoms with Crippen molar-refractivity contribution in [3.63, 3.8) is 0 Å². The van der Waals surface area contributed by atoms with E-state index in [1.165, 1.54) is 18.4 Å². The van der Waals surface area contributed by atoms with Crippen LogP contribution >= 0.6 is 0 Å². The standard InChI is InChI=1S/C22H35N3O/c1-22(2,3)23-21(26)19-10-7-13-25(17-19)20-11-14-24(15-12-20)16-18-8-5-4-6-9-18/h4-6,8-9,19-20H,7,10-17H2,1-3H3,(H,23,26)/t19-/m1/s1.